The van der Waals surface area contributed by atoms with Crippen LogP contribution in [0.3, 0.4) is 0 Å². The maximum absolute atomic E-state index is 12.4. The fourth-order valence-electron chi connectivity index (χ4n) is 2.80. The van der Waals surface area contributed by atoms with Crippen LogP contribution in [0, 0.1) is 11.8 Å². The zero-order chi connectivity index (χ0) is 15.4. The summed E-state index contributed by atoms with van der Waals surface area (Å²) in [6.45, 7) is 0.518. The summed E-state index contributed by atoms with van der Waals surface area (Å²) in [7, 11) is 1.56. The van der Waals surface area contributed by atoms with Gasteiger partial charge in [0.15, 0.2) is 0 Å². The summed E-state index contributed by atoms with van der Waals surface area (Å²) in [6.07, 6.45) is 2.85. The largest absolute Gasteiger partial charge is 0.355 e. The Labute approximate surface area is 129 Å². The molecule has 0 heterocycles. The minimum atomic E-state index is -0.220. The first-order valence-corrected chi connectivity index (χ1v) is 7.47. The minimum Gasteiger partial charge on any atom is -0.355 e. The Kier molecular flexibility index (Phi) is 5.20. The van der Waals surface area contributed by atoms with Crippen molar-refractivity contribution in [3.63, 3.8) is 0 Å². The van der Waals surface area contributed by atoms with Crippen LogP contribution in [-0.2, 0) is 4.79 Å². The van der Waals surface area contributed by atoms with E-state index >= 15 is 0 Å². The molecule has 1 fully saturated rings. The van der Waals surface area contributed by atoms with Gasteiger partial charge in [-0.05, 0) is 43.5 Å². The van der Waals surface area contributed by atoms with E-state index in [2.05, 4.69) is 10.6 Å². The molecule has 2 unspecified atom stereocenters. The average Bonchev–Trinajstić information content (AvgIpc) is 2.97. The van der Waals surface area contributed by atoms with Gasteiger partial charge in [-0.3, -0.25) is 9.59 Å². The lowest BCUT2D eigenvalue weighted by Gasteiger charge is -2.18. The molecule has 2 atom stereocenters. The Bertz CT molecular complexity index is 548. The van der Waals surface area contributed by atoms with E-state index < -0.39 is 0 Å². The molecule has 21 heavy (non-hydrogen) atoms. The van der Waals surface area contributed by atoms with Crippen molar-refractivity contribution in [2.45, 2.75) is 19.3 Å². The first-order valence-electron chi connectivity index (χ1n) is 7.09. The number of amides is 2. The van der Waals surface area contributed by atoms with Crippen LogP contribution in [-0.4, -0.2) is 25.4 Å². The van der Waals surface area contributed by atoms with E-state index in [-0.39, 0.29) is 23.7 Å². The van der Waals surface area contributed by atoms with Crippen LogP contribution in [0.4, 0.5) is 5.69 Å². The number of nitrogens with two attached hydrogens (primary N) is 1. The smallest absolute Gasteiger partial charge is 0.251 e. The lowest BCUT2D eigenvalue weighted by Crippen LogP contribution is -2.30. The molecule has 6 heteroatoms. The van der Waals surface area contributed by atoms with Gasteiger partial charge in [0.25, 0.3) is 5.91 Å². The van der Waals surface area contributed by atoms with Gasteiger partial charge in [-0.15, -0.1) is 0 Å². The van der Waals surface area contributed by atoms with Gasteiger partial charge in [-0.25, -0.2) is 0 Å². The van der Waals surface area contributed by atoms with Gasteiger partial charge >= 0.3 is 0 Å². The van der Waals surface area contributed by atoms with Crippen LogP contribution in [0.5, 0.6) is 0 Å². The third-order valence-electron chi connectivity index (χ3n) is 4.01. The predicted molar refractivity (Wildman–Crippen MR) is 83.4 cm³/mol. The maximum Gasteiger partial charge on any atom is 0.251 e. The van der Waals surface area contributed by atoms with Crippen LogP contribution in [0.15, 0.2) is 18.2 Å². The molecule has 0 radical (unpaired) electrons. The summed E-state index contributed by atoms with van der Waals surface area (Å²) in [4.78, 5) is 24.0. The second-order valence-electron chi connectivity index (χ2n) is 5.30. The van der Waals surface area contributed by atoms with Gasteiger partial charge in [0.1, 0.15) is 0 Å². The van der Waals surface area contributed by atoms with Crippen LogP contribution in [0.1, 0.15) is 29.6 Å². The molecule has 1 aliphatic rings. The van der Waals surface area contributed by atoms with E-state index in [1.54, 1.807) is 25.2 Å². The molecule has 4 N–H and O–H groups in total. The molecule has 0 saturated heterocycles. The molecule has 114 valence electrons. The summed E-state index contributed by atoms with van der Waals surface area (Å²) in [5, 5.41) is 5.79. The summed E-state index contributed by atoms with van der Waals surface area (Å²) in [5.74, 6) is -0.137. The first-order chi connectivity index (χ1) is 10.1. The normalized spacial score (nSPS) is 21.1. The fraction of sp³-hybridized carbons (Fsp3) is 0.467. The van der Waals surface area contributed by atoms with Crippen LogP contribution >= 0.6 is 11.6 Å². The van der Waals surface area contributed by atoms with Gasteiger partial charge in [-0.2, -0.15) is 0 Å². The molecule has 0 aromatic heterocycles. The number of rotatable bonds is 4. The third kappa shape index (κ3) is 3.54. The number of carbonyl (C=O) groups is 2. The molecule has 2 amide bonds. The third-order valence-corrected chi connectivity index (χ3v) is 4.34. The number of nitrogens with one attached hydrogen (secondary N) is 2. The predicted octanol–water partition coefficient (Wildman–Crippen LogP) is 2.01. The number of halogens is 1. The van der Waals surface area contributed by atoms with Crippen LogP contribution in [0.25, 0.3) is 0 Å². The molecule has 1 aromatic rings. The first kappa shape index (κ1) is 15.8. The van der Waals surface area contributed by atoms with Gasteiger partial charge in [0.05, 0.1) is 10.7 Å². The minimum absolute atomic E-state index is 0.0705. The second-order valence-corrected chi connectivity index (χ2v) is 5.70. The van der Waals surface area contributed by atoms with Gasteiger partial charge in [0.2, 0.25) is 5.91 Å². The molecule has 0 aliphatic heterocycles. The van der Waals surface area contributed by atoms with Crippen LogP contribution < -0.4 is 16.4 Å². The van der Waals surface area contributed by atoms with Crippen molar-refractivity contribution in [1.82, 2.24) is 5.32 Å². The van der Waals surface area contributed by atoms with E-state index in [1.807, 2.05) is 0 Å². The van der Waals surface area contributed by atoms with E-state index in [1.165, 1.54) is 0 Å². The number of carbonyl (C=O) groups excluding carboxylic acids is 2. The molecule has 1 aromatic carbocycles. The quantitative estimate of drug-likeness (QED) is 0.795. The lowest BCUT2D eigenvalue weighted by molar-refractivity contribution is -0.120. The second kappa shape index (κ2) is 6.91. The van der Waals surface area contributed by atoms with Crippen molar-refractivity contribution < 1.29 is 9.59 Å². The highest BCUT2D eigenvalue weighted by Gasteiger charge is 2.32. The van der Waals surface area contributed by atoms with Crippen molar-refractivity contribution in [2.75, 3.05) is 18.9 Å². The van der Waals surface area contributed by atoms with E-state index in [0.29, 0.717) is 22.8 Å². The molecule has 0 spiro atoms. The number of anilines is 1. The summed E-state index contributed by atoms with van der Waals surface area (Å²) in [6, 6.07) is 4.82. The average molecular weight is 310 g/mol. The van der Waals surface area contributed by atoms with Gasteiger partial charge in [0, 0.05) is 18.5 Å². The molecule has 1 saturated carbocycles. The van der Waals surface area contributed by atoms with Gasteiger partial charge in [-0.1, -0.05) is 18.0 Å². The highest BCUT2D eigenvalue weighted by Crippen LogP contribution is 2.33. The number of hydrogen-bond donors (Lipinski definition) is 3. The van der Waals surface area contributed by atoms with Crippen molar-refractivity contribution in [2.24, 2.45) is 17.6 Å². The highest BCUT2D eigenvalue weighted by atomic mass is 35.5. The Balaban J connectivity index is 2.15. The Morgan fingerprint density at radius 2 is 2.14 bits per heavy atom. The number of hydrogen-bond acceptors (Lipinski definition) is 3. The van der Waals surface area contributed by atoms with E-state index in [9.17, 15) is 9.59 Å². The standard InChI is InChI=1S/C15H20ClN3O2/c1-18-14(20)9-5-6-12(16)13(7-9)19-15(21)11-4-2-3-10(11)8-17/h5-7,10-11H,2-4,8,17H2,1H3,(H,18,20)(H,19,21). The molecule has 1 aliphatic carbocycles. The SMILES string of the molecule is CNC(=O)c1ccc(Cl)c(NC(=O)C2CCCC2CN)c1. The van der Waals surface area contributed by atoms with E-state index in [4.69, 9.17) is 17.3 Å². The van der Waals surface area contributed by atoms with Crippen molar-refractivity contribution in [3.8, 4) is 0 Å². The number of benzene rings is 1. The van der Waals surface area contributed by atoms with Crippen molar-refractivity contribution in [3.05, 3.63) is 28.8 Å². The Hall–Kier alpha value is -1.59. The summed E-state index contributed by atoms with van der Waals surface area (Å²) in [5.41, 5.74) is 6.63. The molecule has 0 bridgehead atoms. The molecular weight excluding hydrogens is 290 g/mol. The fourth-order valence-corrected chi connectivity index (χ4v) is 2.96. The topological polar surface area (TPSA) is 84.2 Å². The van der Waals surface area contributed by atoms with Gasteiger partial charge < -0.3 is 16.4 Å². The lowest BCUT2D eigenvalue weighted by atomic mass is 9.95. The Morgan fingerprint density at radius 3 is 2.81 bits per heavy atom. The zero-order valence-corrected chi connectivity index (χ0v) is 12.7. The Morgan fingerprint density at radius 1 is 1.38 bits per heavy atom. The maximum atomic E-state index is 12.4. The molecular formula is C15H20ClN3O2. The summed E-state index contributed by atoms with van der Waals surface area (Å²) >= 11 is 6.09. The molecule has 2 rings (SSSR count). The van der Waals surface area contributed by atoms with E-state index in [0.717, 1.165) is 19.3 Å². The zero-order valence-electron chi connectivity index (χ0n) is 12.0. The highest BCUT2D eigenvalue weighted by molar-refractivity contribution is 6.33. The van der Waals surface area contributed by atoms with Crippen molar-refractivity contribution in [1.29, 1.82) is 0 Å². The summed E-state index contributed by atoms with van der Waals surface area (Å²) < 4.78 is 0. The van der Waals surface area contributed by atoms with Crippen molar-refractivity contribution >= 4 is 29.1 Å². The molecule has 5 nitrogen and oxygen atoms in total. The van der Waals surface area contributed by atoms with Crippen LogP contribution in [0.2, 0.25) is 5.02 Å². The monoisotopic (exact) mass is 309 g/mol.